The topological polar surface area (TPSA) is 0 Å². The Labute approximate surface area is 205 Å². The Kier molecular flexibility index (Phi) is 5.61. The van der Waals surface area contributed by atoms with Crippen molar-refractivity contribution in [2.75, 3.05) is 0 Å². The van der Waals surface area contributed by atoms with Crippen molar-refractivity contribution in [3.05, 3.63) is 131 Å². The summed E-state index contributed by atoms with van der Waals surface area (Å²) in [4.78, 5) is 0. The molecule has 0 radical (unpaired) electrons. The quantitative estimate of drug-likeness (QED) is 0.255. The Bertz CT molecular complexity index is 1240. The minimum absolute atomic E-state index is 0.636. The predicted octanol–water partition coefficient (Wildman–Crippen LogP) is 8.91. The molecule has 0 aromatic heterocycles. The van der Waals surface area contributed by atoms with Gasteiger partial charge in [0.2, 0.25) is 0 Å². The Balaban J connectivity index is 1.38. The zero-order valence-electron chi connectivity index (χ0n) is 18.9. The van der Waals surface area contributed by atoms with Crippen molar-refractivity contribution in [2.24, 2.45) is 0 Å². The summed E-state index contributed by atoms with van der Waals surface area (Å²) in [6, 6.07) is 35.6. The monoisotopic (exact) mass is 501 g/mol. The van der Waals surface area contributed by atoms with Crippen LogP contribution in [0.15, 0.2) is 109 Å². The van der Waals surface area contributed by atoms with E-state index in [0.29, 0.717) is 7.25 Å². The van der Waals surface area contributed by atoms with Gasteiger partial charge in [-0.2, -0.15) is 0 Å². The third-order valence-electron chi connectivity index (χ3n) is 7.24. The molecule has 2 atom stereocenters. The molecule has 0 heterocycles. The van der Waals surface area contributed by atoms with E-state index < -0.39 is 21.8 Å². The fourth-order valence-electron chi connectivity index (χ4n) is 5.69. The van der Waals surface area contributed by atoms with Gasteiger partial charge in [-0.3, -0.25) is 0 Å². The molecule has 0 saturated heterocycles. The van der Waals surface area contributed by atoms with E-state index >= 15 is 0 Å². The zero-order valence-corrected chi connectivity index (χ0v) is 21.4. The third-order valence-corrected chi connectivity index (χ3v) is 15.6. The van der Waals surface area contributed by atoms with Gasteiger partial charge >= 0.3 is 206 Å². The first kappa shape index (κ1) is 20.8. The van der Waals surface area contributed by atoms with Crippen LogP contribution >= 0.6 is 0 Å². The van der Waals surface area contributed by atoms with Crippen LogP contribution in [0.2, 0.25) is 4.13 Å². The molecule has 0 fully saturated rings. The summed E-state index contributed by atoms with van der Waals surface area (Å²) in [5.74, 6) is 0. The van der Waals surface area contributed by atoms with Crippen LogP contribution in [0.3, 0.4) is 0 Å². The summed E-state index contributed by atoms with van der Waals surface area (Å²) in [5, 5.41) is 0. The van der Waals surface area contributed by atoms with Gasteiger partial charge in [-0.05, 0) is 0 Å². The van der Waals surface area contributed by atoms with Gasteiger partial charge in [-0.15, -0.1) is 0 Å². The average molecular weight is 503 g/mol. The number of rotatable bonds is 5. The van der Waals surface area contributed by atoms with Gasteiger partial charge in [0.05, 0.1) is 0 Å². The zero-order chi connectivity index (χ0) is 22.2. The van der Waals surface area contributed by atoms with Gasteiger partial charge in [0.1, 0.15) is 0 Å². The van der Waals surface area contributed by atoms with E-state index in [1.165, 1.54) is 37.5 Å². The molecule has 0 spiro atoms. The van der Waals surface area contributed by atoms with Crippen LogP contribution in [0.5, 0.6) is 0 Å². The fraction of sp³-hybridized carbons (Fsp3) is 0.125. The van der Waals surface area contributed by atoms with Crippen LogP contribution in [-0.4, -0.2) is 0 Å². The van der Waals surface area contributed by atoms with Crippen molar-refractivity contribution in [2.45, 2.75) is 18.3 Å². The van der Waals surface area contributed by atoms with E-state index in [-0.39, 0.29) is 0 Å². The molecule has 0 N–H and O–H groups in total. The van der Waals surface area contributed by atoms with Gasteiger partial charge in [0.15, 0.2) is 0 Å². The Hall–Kier alpha value is -2.76. The number of hydrogen-bond acceptors (Lipinski definition) is 0. The summed E-state index contributed by atoms with van der Waals surface area (Å²) < 4.78 is 2.62. The van der Waals surface area contributed by atoms with Crippen LogP contribution in [0.1, 0.15) is 36.4 Å². The van der Waals surface area contributed by atoms with E-state index in [4.69, 9.17) is 0 Å². The minimum atomic E-state index is -1.92. The van der Waals surface area contributed by atoms with Crippen LogP contribution in [0.25, 0.3) is 34.4 Å². The molecule has 6 rings (SSSR count). The van der Waals surface area contributed by atoms with Crippen LogP contribution in [0, 0.1) is 0 Å². The number of fused-ring (bicyclic) bond motifs is 2. The van der Waals surface area contributed by atoms with Crippen molar-refractivity contribution in [1.29, 1.82) is 0 Å². The molecule has 0 bridgehead atoms. The van der Waals surface area contributed by atoms with Gasteiger partial charge in [0.25, 0.3) is 0 Å². The van der Waals surface area contributed by atoms with E-state index in [1.807, 2.05) is 0 Å². The molecule has 2 aliphatic carbocycles. The van der Waals surface area contributed by atoms with Gasteiger partial charge in [-0.25, -0.2) is 0 Å². The number of allylic oxidation sites excluding steroid dienone is 2. The summed E-state index contributed by atoms with van der Waals surface area (Å²) in [6.45, 7) is 2.44. The Morgan fingerprint density at radius 3 is 1.42 bits per heavy atom. The first-order valence-corrected chi connectivity index (χ1v) is 16.5. The Morgan fingerprint density at radius 2 is 1.00 bits per heavy atom. The molecule has 33 heavy (non-hydrogen) atoms. The molecular formula is C32H27Zr. The molecule has 159 valence electrons. The van der Waals surface area contributed by atoms with Crippen LogP contribution < -0.4 is 0 Å². The first-order valence-electron chi connectivity index (χ1n) is 11.9. The maximum absolute atomic E-state index is 2.54. The van der Waals surface area contributed by atoms with Gasteiger partial charge in [-0.1, -0.05) is 0 Å². The fourth-order valence-corrected chi connectivity index (χ4v) is 13.7. The van der Waals surface area contributed by atoms with Crippen molar-refractivity contribution in [3.8, 4) is 22.3 Å². The SMILES string of the molecule is C[CH2][Zr]([CH]1C=Cc2c(-c3ccccc3)cccc21)[CH]1C=Cc2c(-c3ccccc3)cccc21. The van der Waals surface area contributed by atoms with Gasteiger partial charge < -0.3 is 0 Å². The van der Waals surface area contributed by atoms with Crippen LogP contribution in [-0.2, 0) is 21.8 Å². The summed E-state index contributed by atoms with van der Waals surface area (Å²) in [6.07, 6.45) is 9.92. The second kappa shape index (κ2) is 8.88. The molecule has 4 aromatic carbocycles. The standard InChI is InChI=1S/2C15H11.C2H5.Zr/c2*1-2-6-12(7-3-1)14-10-4-8-13-9-5-11-15(13)14;1-2;/h2*1-11H;1H2,2H3;. The molecule has 0 nitrogen and oxygen atoms in total. The molecule has 0 saturated carbocycles. The molecule has 2 aliphatic rings. The second-order valence-corrected chi connectivity index (χ2v) is 16.6. The van der Waals surface area contributed by atoms with Crippen molar-refractivity contribution in [3.63, 3.8) is 0 Å². The van der Waals surface area contributed by atoms with E-state index in [0.717, 1.165) is 0 Å². The summed E-state index contributed by atoms with van der Waals surface area (Å²) >= 11 is -1.92. The van der Waals surface area contributed by atoms with E-state index in [9.17, 15) is 0 Å². The molecule has 2 unspecified atom stereocenters. The summed E-state index contributed by atoms with van der Waals surface area (Å²) in [5.41, 5.74) is 11.4. The van der Waals surface area contributed by atoms with Gasteiger partial charge in [0, 0.05) is 0 Å². The van der Waals surface area contributed by atoms with Crippen molar-refractivity contribution < 1.29 is 21.8 Å². The second-order valence-electron chi connectivity index (χ2n) is 8.95. The van der Waals surface area contributed by atoms with E-state index in [2.05, 4.69) is 128 Å². The molecular weight excluding hydrogens is 476 g/mol. The first-order chi connectivity index (χ1) is 16.3. The third kappa shape index (κ3) is 3.64. The summed E-state index contributed by atoms with van der Waals surface area (Å²) in [7, 11) is 0. The van der Waals surface area contributed by atoms with E-state index in [1.54, 1.807) is 11.1 Å². The molecule has 0 aliphatic heterocycles. The normalized spacial score (nSPS) is 17.7. The predicted molar refractivity (Wildman–Crippen MR) is 138 cm³/mol. The van der Waals surface area contributed by atoms with Crippen LogP contribution in [0.4, 0.5) is 0 Å². The average Bonchev–Trinajstić information content (AvgIpc) is 3.51. The molecule has 0 amide bonds. The Morgan fingerprint density at radius 1 is 0.545 bits per heavy atom. The molecule has 1 heteroatoms. The number of hydrogen-bond donors (Lipinski definition) is 0. The van der Waals surface area contributed by atoms with Crippen molar-refractivity contribution >= 4 is 12.2 Å². The number of benzene rings is 4. The maximum atomic E-state index is 2.54. The molecule has 4 aromatic rings. The van der Waals surface area contributed by atoms with Crippen molar-refractivity contribution in [1.82, 2.24) is 0 Å².